The second kappa shape index (κ2) is 4.41. The van der Waals surface area contributed by atoms with Crippen molar-refractivity contribution in [3.05, 3.63) is 36.8 Å². The number of hydrogen-bond acceptors (Lipinski definition) is 4. The lowest BCUT2D eigenvalue weighted by Crippen LogP contribution is -2.26. The van der Waals surface area contributed by atoms with E-state index in [4.69, 9.17) is 4.42 Å². The van der Waals surface area contributed by atoms with Crippen molar-refractivity contribution in [2.24, 2.45) is 0 Å². The van der Waals surface area contributed by atoms with Crippen LogP contribution in [0.25, 0.3) is 0 Å². The largest absolute Gasteiger partial charge is 0.459 e. The average molecular weight is 206 g/mol. The van der Waals surface area contributed by atoms with Crippen molar-refractivity contribution < 1.29 is 9.21 Å². The van der Waals surface area contributed by atoms with Crippen molar-refractivity contribution in [3.8, 4) is 0 Å². The van der Waals surface area contributed by atoms with Crippen LogP contribution in [0.15, 0.2) is 35.5 Å². The Balaban J connectivity index is 1.77. The van der Waals surface area contributed by atoms with E-state index in [0.717, 1.165) is 0 Å². The van der Waals surface area contributed by atoms with Crippen LogP contribution in [0, 0.1) is 0 Å². The van der Waals surface area contributed by atoms with Gasteiger partial charge in [0.15, 0.2) is 5.76 Å². The fraction of sp³-hybridized carbons (Fsp3) is 0.222. The summed E-state index contributed by atoms with van der Waals surface area (Å²) < 4.78 is 6.58. The fourth-order valence-corrected chi connectivity index (χ4v) is 1.13. The van der Waals surface area contributed by atoms with E-state index in [1.165, 1.54) is 12.6 Å². The van der Waals surface area contributed by atoms with E-state index in [2.05, 4.69) is 15.4 Å². The third-order valence-electron chi connectivity index (χ3n) is 1.84. The molecule has 15 heavy (non-hydrogen) atoms. The molecule has 0 aliphatic heterocycles. The molecule has 2 aromatic heterocycles. The zero-order valence-electron chi connectivity index (χ0n) is 7.96. The van der Waals surface area contributed by atoms with Crippen molar-refractivity contribution in [2.75, 3.05) is 6.54 Å². The second-order valence-corrected chi connectivity index (χ2v) is 2.89. The number of carbonyl (C=O) groups is 1. The summed E-state index contributed by atoms with van der Waals surface area (Å²) in [5.41, 5.74) is 0. The minimum Gasteiger partial charge on any atom is -0.459 e. The molecule has 0 radical (unpaired) electrons. The summed E-state index contributed by atoms with van der Waals surface area (Å²) >= 11 is 0. The molecule has 0 spiro atoms. The highest BCUT2D eigenvalue weighted by Gasteiger charge is 2.06. The predicted octanol–water partition coefficient (Wildman–Crippen LogP) is 0.301. The van der Waals surface area contributed by atoms with E-state index in [9.17, 15) is 4.79 Å². The number of carbonyl (C=O) groups excluding carboxylic acids is 1. The van der Waals surface area contributed by atoms with Gasteiger partial charge in [0.2, 0.25) is 0 Å². The molecule has 0 atom stereocenters. The minimum atomic E-state index is -0.222. The molecular weight excluding hydrogens is 196 g/mol. The topological polar surface area (TPSA) is 73.0 Å². The molecule has 0 fully saturated rings. The Morgan fingerprint density at radius 3 is 3.20 bits per heavy atom. The Morgan fingerprint density at radius 1 is 1.60 bits per heavy atom. The summed E-state index contributed by atoms with van der Waals surface area (Å²) in [7, 11) is 0. The van der Waals surface area contributed by atoms with Crippen LogP contribution in [-0.2, 0) is 6.54 Å². The molecule has 0 aliphatic rings. The first kappa shape index (κ1) is 9.45. The average Bonchev–Trinajstić information content (AvgIpc) is 2.90. The quantitative estimate of drug-likeness (QED) is 0.780. The van der Waals surface area contributed by atoms with Crippen molar-refractivity contribution in [3.63, 3.8) is 0 Å². The summed E-state index contributed by atoms with van der Waals surface area (Å²) in [4.78, 5) is 15.2. The number of nitrogens with one attached hydrogen (secondary N) is 1. The third-order valence-corrected chi connectivity index (χ3v) is 1.84. The summed E-state index contributed by atoms with van der Waals surface area (Å²) in [5.74, 6) is 0.0914. The van der Waals surface area contributed by atoms with Gasteiger partial charge in [0.05, 0.1) is 12.8 Å². The lowest BCUT2D eigenvalue weighted by atomic mass is 10.4. The minimum absolute atomic E-state index is 0.222. The molecule has 0 aliphatic carbocycles. The van der Waals surface area contributed by atoms with Crippen LogP contribution in [0.2, 0.25) is 0 Å². The predicted molar refractivity (Wildman–Crippen MR) is 51.1 cm³/mol. The number of amides is 1. The maximum Gasteiger partial charge on any atom is 0.287 e. The van der Waals surface area contributed by atoms with Crippen molar-refractivity contribution >= 4 is 5.91 Å². The molecule has 1 amide bonds. The van der Waals surface area contributed by atoms with Gasteiger partial charge >= 0.3 is 0 Å². The summed E-state index contributed by atoms with van der Waals surface area (Å²) in [6, 6.07) is 3.29. The number of aromatic nitrogens is 3. The molecule has 2 rings (SSSR count). The van der Waals surface area contributed by atoms with E-state index in [1.54, 1.807) is 23.1 Å². The highest BCUT2D eigenvalue weighted by Crippen LogP contribution is 1.98. The molecule has 78 valence electrons. The van der Waals surface area contributed by atoms with Crippen molar-refractivity contribution in [2.45, 2.75) is 6.54 Å². The summed E-state index contributed by atoms with van der Waals surface area (Å²) in [5, 5.41) is 6.61. The second-order valence-electron chi connectivity index (χ2n) is 2.89. The van der Waals surface area contributed by atoms with Gasteiger partial charge in [-0.3, -0.25) is 9.48 Å². The van der Waals surface area contributed by atoms with Crippen LogP contribution >= 0.6 is 0 Å². The first-order valence-corrected chi connectivity index (χ1v) is 4.50. The van der Waals surface area contributed by atoms with Crippen LogP contribution in [0.1, 0.15) is 10.6 Å². The third kappa shape index (κ3) is 2.43. The van der Waals surface area contributed by atoms with Gasteiger partial charge in [-0.2, -0.15) is 5.10 Å². The molecule has 0 unspecified atom stereocenters. The fourth-order valence-electron chi connectivity index (χ4n) is 1.13. The van der Waals surface area contributed by atoms with E-state index in [1.807, 2.05) is 0 Å². The van der Waals surface area contributed by atoms with Crippen molar-refractivity contribution in [1.82, 2.24) is 20.1 Å². The molecule has 0 saturated carbocycles. The van der Waals surface area contributed by atoms with E-state index in [-0.39, 0.29) is 5.91 Å². The molecule has 1 N–H and O–H groups in total. The monoisotopic (exact) mass is 206 g/mol. The highest BCUT2D eigenvalue weighted by atomic mass is 16.3. The smallest absolute Gasteiger partial charge is 0.287 e. The Hall–Kier alpha value is -2.11. The van der Waals surface area contributed by atoms with Crippen molar-refractivity contribution in [1.29, 1.82) is 0 Å². The van der Waals surface area contributed by atoms with Gasteiger partial charge in [-0.1, -0.05) is 0 Å². The normalized spacial score (nSPS) is 10.1. The number of hydrogen-bond donors (Lipinski definition) is 1. The van der Waals surface area contributed by atoms with Gasteiger partial charge < -0.3 is 9.73 Å². The van der Waals surface area contributed by atoms with Crippen LogP contribution in [0.3, 0.4) is 0 Å². The van der Waals surface area contributed by atoms with Crippen LogP contribution in [-0.4, -0.2) is 27.2 Å². The lowest BCUT2D eigenvalue weighted by molar-refractivity contribution is 0.0924. The van der Waals surface area contributed by atoms with Crippen LogP contribution < -0.4 is 5.32 Å². The Labute approximate surface area is 85.9 Å². The Kier molecular flexibility index (Phi) is 2.77. The van der Waals surface area contributed by atoms with E-state index >= 15 is 0 Å². The zero-order valence-corrected chi connectivity index (χ0v) is 7.96. The van der Waals surface area contributed by atoms with Gasteiger partial charge in [-0.05, 0) is 12.1 Å². The molecular formula is C9H10N4O2. The first-order valence-electron chi connectivity index (χ1n) is 4.50. The maximum atomic E-state index is 11.4. The summed E-state index contributed by atoms with van der Waals surface area (Å²) in [6.07, 6.45) is 4.51. The molecule has 6 nitrogen and oxygen atoms in total. The molecule has 0 saturated heterocycles. The number of nitrogens with zero attached hydrogens (tertiary/aromatic N) is 3. The molecule has 6 heteroatoms. The van der Waals surface area contributed by atoms with Gasteiger partial charge in [-0.25, -0.2) is 4.98 Å². The standard InChI is InChI=1S/C9H10N4O2/c14-9(8-2-1-5-15-8)11-3-4-13-7-10-6-12-13/h1-2,5-7H,3-4H2,(H,11,14). The number of furan rings is 1. The highest BCUT2D eigenvalue weighted by molar-refractivity contribution is 5.91. The Bertz CT molecular complexity index is 407. The van der Waals surface area contributed by atoms with E-state index < -0.39 is 0 Å². The molecule has 0 aromatic carbocycles. The Morgan fingerprint density at radius 2 is 2.53 bits per heavy atom. The lowest BCUT2D eigenvalue weighted by Gasteiger charge is -2.02. The SMILES string of the molecule is O=C(NCCn1cncn1)c1ccco1. The van der Waals surface area contributed by atoms with Gasteiger partial charge in [-0.15, -0.1) is 0 Å². The molecule has 0 bridgehead atoms. The molecule has 2 aromatic rings. The number of rotatable bonds is 4. The van der Waals surface area contributed by atoms with Crippen LogP contribution in [0.5, 0.6) is 0 Å². The van der Waals surface area contributed by atoms with Gasteiger partial charge in [0.25, 0.3) is 5.91 Å². The zero-order chi connectivity index (χ0) is 10.5. The molecule has 2 heterocycles. The maximum absolute atomic E-state index is 11.4. The van der Waals surface area contributed by atoms with Crippen LogP contribution in [0.4, 0.5) is 0 Å². The summed E-state index contributed by atoms with van der Waals surface area (Å²) in [6.45, 7) is 1.08. The van der Waals surface area contributed by atoms with Gasteiger partial charge in [0.1, 0.15) is 12.7 Å². The first-order chi connectivity index (χ1) is 7.36. The van der Waals surface area contributed by atoms with E-state index in [0.29, 0.717) is 18.8 Å². The van der Waals surface area contributed by atoms with Gasteiger partial charge in [0, 0.05) is 6.54 Å².